The standard InChI is InChI=1S/C25H26F7NO5S/c1-14(22(34)35)13-38-20-11-21-19(10-18(20)25(30,31)32)33(17-6-4-16(26)5-7-17)12-15(8-9-23(2,27)28)24(3,29)39(21,36)37/h4-7,10-11,14-15H,8-9,12-13H2,1-3H3,(H,34,35)/t14-,15-,24+/m1/s1. The SMILES string of the molecule is C[C@H](COc1cc2c(cc1C(F)(F)F)N(c1ccc(F)cc1)C[C@@H](CCC(C)(F)F)[C@@](C)(F)S2(=O)=O)C(=O)O. The van der Waals surface area contributed by atoms with Crippen molar-refractivity contribution in [1.82, 2.24) is 0 Å². The fourth-order valence-electron chi connectivity index (χ4n) is 4.16. The Kier molecular flexibility index (Phi) is 8.22. The Morgan fingerprint density at radius 2 is 1.77 bits per heavy atom. The molecule has 1 heterocycles. The Morgan fingerprint density at radius 3 is 2.28 bits per heavy atom. The molecule has 0 spiro atoms. The fourth-order valence-corrected chi connectivity index (χ4v) is 5.93. The van der Waals surface area contributed by atoms with Gasteiger partial charge < -0.3 is 14.7 Å². The maximum Gasteiger partial charge on any atom is 0.420 e. The highest BCUT2D eigenvalue weighted by Gasteiger charge is 2.53. The van der Waals surface area contributed by atoms with Crippen molar-refractivity contribution in [3.05, 3.63) is 47.8 Å². The quantitative estimate of drug-likeness (QED) is 0.351. The Bertz CT molecular complexity index is 1320. The van der Waals surface area contributed by atoms with Gasteiger partial charge in [0.05, 0.1) is 22.1 Å². The summed E-state index contributed by atoms with van der Waals surface area (Å²) < 4.78 is 132. The molecule has 0 fully saturated rings. The summed E-state index contributed by atoms with van der Waals surface area (Å²) in [6, 6.07) is 5.05. The number of ether oxygens (including phenoxy) is 1. The van der Waals surface area contributed by atoms with Crippen molar-refractivity contribution in [2.24, 2.45) is 11.8 Å². The molecule has 2 aromatic carbocycles. The number of halogens is 7. The summed E-state index contributed by atoms with van der Waals surface area (Å²) >= 11 is 0. The van der Waals surface area contributed by atoms with Gasteiger partial charge in [-0.3, -0.25) is 4.79 Å². The van der Waals surface area contributed by atoms with Crippen molar-refractivity contribution in [3.63, 3.8) is 0 Å². The maximum atomic E-state index is 16.2. The van der Waals surface area contributed by atoms with Crippen molar-refractivity contribution in [2.75, 3.05) is 18.1 Å². The average molecular weight is 586 g/mol. The molecule has 3 rings (SSSR count). The summed E-state index contributed by atoms with van der Waals surface area (Å²) in [5.74, 6) is -9.36. The predicted molar refractivity (Wildman–Crippen MR) is 127 cm³/mol. The van der Waals surface area contributed by atoms with Crippen LogP contribution in [0.4, 0.5) is 42.1 Å². The van der Waals surface area contributed by atoms with Crippen LogP contribution in [0.15, 0.2) is 41.3 Å². The van der Waals surface area contributed by atoms with Crippen LogP contribution in [0.1, 0.15) is 39.2 Å². The van der Waals surface area contributed by atoms with E-state index in [1.165, 1.54) is 0 Å². The first-order valence-corrected chi connectivity index (χ1v) is 13.2. The minimum absolute atomic E-state index is 0.0138. The van der Waals surface area contributed by atoms with Gasteiger partial charge in [-0.15, -0.1) is 0 Å². The van der Waals surface area contributed by atoms with Crippen LogP contribution in [-0.2, 0) is 20.8 Å². The number of benzene rings is 2. The predicted octanol–water partition coefficient (Wildman–Crippen LogP) is 6.61. The first-order chi connectivity index (χ1) is 17.8. The van der Waals surface area contributed by atoms with Gasteiger partial charge in [0.25, 0.3) is 0 Å². The van der Waals surface area contributed by atoms with E-state index in [4.69, 9.17) is 9.84 Å². The molecule has 6 nitrogen and oxygen atoms in total. The maximum absolute atomic E-state index is 16.2. The number of carbonyl (C=O) groups is 1. The molecular weight excluding hydrogens is 559 g/mol. The molecule has 3 atom stereocenters. The van der Waals surface area contributed by atoms with E-state index in [1.54, 1.807) is 0 Å². The Morgan fingerprint density at radius 1 is 1.18 bits per heavy atom. The zero-order chi connectivity index (χ0) is 29.6. The van der Waals surface area contributed by atoms with Crippen molar-refractivity contribution >= 4 is 27.2 Å². The smallest absolute Gasteiger partial charge is 0.420 e. The van der Waals surface area contributed by atoms with Crippen LogP contribution in [-0.4, -0.2) is 43.6 Å². The van der Waals surface area contributed by atoms with E-state index in [1.807, 2.05) is 0 Å². The topological polar surface area (TPSA) is 83.9 Å². The number of hydrogen-bond acceptors (Lipinski definition) is 5. The number of anilines is 2. The van der Waals surface area contributed by atoms with Gasteiger partial charge >= 0.3 is 12.1 Å². The normalized spacial score (nSPS) is 22.1. The van der Waals surface area contributed by atoms with E-state index in [9.17, 15) is 39.6 Å². The summed E-state index contributed by atoms with van der Waals surface area (Å²) in [6.45, 7) is 0.981. The number of hydrogen-bond donors (Lipinski definition) is 1. The van der Waals surface area contributed by atoms with Gasteiger partial charge in [0.2, 0.25) is 20.8 Å². The van der Waals surface area contributed by atoms with E-state index in [-0.39, 0.29) is 5.69 Å². The zero-order valence-electron chi connectivity index (χ0n) is 21.0. The van der Waals surface area contributed by atoms with Gasteiger partial charge in [-0.2, -0.15) is 13.2 Å². The van der Waals surface area contributed by atoms with Crippen LogP contribution in [0.5, 0.6) is 5.75 Å². The number of carboxylic acids is 1. The van der Waals surface area contributed by atoms with Crippen molar-refractivity contribution in [2.45, 2.75) is 55.6 Å². The summed E-state index contributed by atoms with van der Waals surface area (Å²) in [7, 11) is -5.15. The van der Waals surface area contributed by atoms with E-state index < -0.39 is 98.4 Å². The second kappa shape index (κ2) is 10.5. The van der Waals surface area contributed by atoms with Crippen LogP contribution in [0.3, 0.4) is 0 Å². The van der Waals surface area contributed by atoms with E-state index in [2.05, 4.69) is 0 Å². The molecule has 39 heavy (non-hydrogen) atoms. The highest BCUT2D eigenvalue weighted by Crippen LogP contribution is 2.50. The molecule has 1 N–H and O–H groups in total. The van der Waals surface area contributed by atoms with Gasteiger partial charge in [0, 0.05) is 30.6 Å². The molecule has 14 heteroatoms. The Hall–Kier alpha value is -3.03. The van der Waals surface area contributed by atoms with Crippen molar-refractivity contribution in [1.29, 1.82) is 0 Å². The number of rotatable bonds is 8. The fraction of sp³-hybridized carbons (Fsp3) is 0.480. The highest BCUT2D eigenvalue weighted by atomic mass is 32.2. The number of aliphatic carboxylic acids is 1. The first kappa shape index (κ1) is 30.5. The van der Waals surface area contributed by atoms with Gasteiger partial charge in [-0.05, 0) is 57.5 Å². The lowest BCUT2D eigenvalue weighted by Gasteiger charge is -2.32. The third-order valence-corrected chi connectivity index (χ3v) is 8.88. The molecule has 0 unspecified atom stereocenters. The molecule has 0 saturated carbocycles. The van der Waals surface area contributed by atoms with Crippen LogP contribution in [0, 0.1) is 17.7 Å². The molecule has 1 aliphatic heterocycles. The molecule has 216 valence electrons. The summed E-state index contributed by atoms with van der Waals surface area (Å²) in [6.07, 6.45) is -6.67. The zero-order valence-corrected chi connectivity index (χ0v) is 21.8. The molecule has 0 radical (unpaired) electrons. The summed E-state index contributed by atoms with van der Waals surface area (Å²) in [5.41, 5.74) is -2.11. The number of carboxylic acid groups (broad SMARTS) is 1. The van der Waals surface area contributed by atoms with Crippen LogP contribution >= 0.6 is 0 Å². The largest absolute Gasteiger partial charge is 0.492 e. The molecule has 2 aromatic rings. The number of nitrogens with zero attached hydrogens (tertiary/aromatic N) is 1. The molecule has 0 saturated heterocycles. The number of fused-ring (bicyclic) bond motifs is 1. The molecule has 0 amide bonds. The Balaban J connectivity index is 2.30. The number of alkyl halides is 6. The van der Waals surface area contributed by atoms with Crippen LogP contribution in [0.2, 0.25) is 0 Å². The lowest BCUT2D eigenvalue weighted by molar-refractivity contribution is -0.142. The van der Waals surface area contributed by atoms with E-state index >= 15 is 4.39 Å². The molecule has 0 aliphatic carbocycles. The summed E-state index contributed by atoms with van der Waals surface area (Å²) in [4.78, 5) is 11.2. The van der Waals surface area contributed by atoms with Crippen LogP contribution in [0.25, 0.3) is 0 Å². The van der Waals surface area contributed by atoms with Gasteiger partial charge in [-0.25, -0.2) is 26.0 Å². The minimum Gasteiger partial charge on any atom is -0.492 e. The van der Waals surface area contributed by atoms with Gasteiger partial charge in [0.1, 0.15) is 18.2 Å². The molecule has 0 aromatic heterocycles. The minimum atomic E-state index is -5.15. The monoisotopic (exact) mass is 585 g/mol. The number of sulfone groups is 1. The van der Waals surface area contributed by atoms with Gasteiger partial charge in [0.15, 0.2) is 0 Å². The molecular formula is C25H26F7NO5S. The average Bonchev–Trinajstić information content (AvgIpc) is 2.86. The summed E-state index contributed by atoms with van der Waals surface area (Å²) in [5, 5.41) is 5.84. The van der Waals surface area contributed by atoms with Gasteiger partial charge in [-0.1, -0.05) is 0 Å². The first-order valence-electron chi connectivity index (χ1n) is 11.7. The lowest BCUT2D eigenvalue weighted by Crippen LogP contribution is -2.41. The molecule has 0 bridgehead atoms. The third kappa shape index (κ3) is 6.42. The second-order valence-electron chi connectivity index (χ2n) is 9.75. The molecule has 1 aliphatic rings. The van der Waals surface area contributed by atoms with E-state index in [0.717, 1.165) is 36.1 Å². The van der Waals surface area contributed by atoms with Crippen molar-refractivity contribution < 1.29 is 53.8 Å². The van der Waals surface area contributed by atoms with Crippen LogP contribution < -0.4 is 9.64 Å². The third-order valence-electron chi connectivity index (χ3n) is 6.58. The highest BCUT2D eigenvalue weighted by molar-refractivity contribution is 7.92. The van der Waals surface area contributed by atoms with E-state index in [0.29, 0.717) is 26.0 Å². The second-order valence-corrected chi connectivity index (χ2v) is 12.0. The lowest BCUT2D eigenvalue weighted by atomic mass is 9.95. The van der Waals surface area contributed by atoms with Crippen molar-refractivity contribution in [3.8, 4) is 5.75 Å². The Labute approximate surface area is 220 Å².